The van der Waals surface area contributed by atoms with Gasteiger partial charge in [-0.05, 0) is 43.6 Å². The molecule has 3 unspecified atom stereocenters. The van der Waals surface area contributed by atoms with Crippen LogP contribution >= 0.6 is 0 Å². The largest absolute Gasteiger partial charge is 0.314 e. The topological polar surface area (TPSA) is 12.0 Å². The van der Waals surface area contributed by atoms with Crippen LogP contribution in [-0.2, 0) is 0 Å². The van der Waals surface area contributed by atoms with Crippen molar-refractivity contribution in [2.75, 3.05) is 6.54 Å². The average Bonchev–Trinajstić information content (AvgIpc) is 2.20. The summed E-state index contributed by atoms with van der Waals surface area (Å²) >= 11 is 0. The van der Waals surface area contributed by atoms with Gasteiger partial charge in [0.1, 0.15) is 0 Å². The Bertz CT molecular complexity index is 169. The number of rotatable bonds is 7. The van der Waals surface area contributed by atoms with Crippen molar-refractivity contribution in [1.29, 1.82) is 0 Å². The van der Waals surface area contributed by atoms with Crippen LogP contribution in [0.2, 0.25) is 0 Å². The fraction of sp³-hybridized carbons (Fsp3) is 1.00. The summed E-state index contributed by atoms with van der Waals surface area (Å²) in [6.45, 7) is 17.5. The molecule has 1 nitrogen and oxygen atoms in total. The molecule has 0 aromatic heterocycles. The Morgan fingerprint density at radius 1 is 1.00 bits per heavy atom. The molecule has 0 fully saturated rings. The van der Waals surface area contributed by atoms with E-state index in [9.17, 15) is 0 Å². The second-order valence-electron chi connectivity index (χ2n) is 6.63. The van der Waals surface area contributed by atoms with Crippen LogP contribution in [0.5, 0.6) is 0 Å². The Balaban J connectivity index is 4.21. The van der Waals surface area contributed by atoms with Gasteiger partial charge in [0, 0.05) is 6.04 Å². The molecule has 0 aliphatic carbocycles. The van der Waals surface area contributed by atoms with Crippen LogP contribution in [0.4, 0.5) is 0 Å². The van der Waals surface area contributed by atoms with Gasteiger partial charge in [-0.1, -0.05) is 48.0 Å². The zero-order chi connectivity index (χ0) is 12.8. The second-order valence-corrected chi connectivity index (χ2v) is 6.63. The van der Waals surface area contributed by atoms with Crippen LogP contribution in [0, 0.1) is 17.3 Å². The molecule has 0 aliphatic rings. The number of nitrogens with one attached hydrogen (secondary N) is 1. The first kappa shape index (κ1) is 16.0. The van der Waals surface area contributed by atoms with Gasteiger partial charge in [0.05, 0.1) is 0 Å². The van der Waals surface area contributed by atoms with E-state index in [-0.39, 0.29) is 0 Å². The van der Waals surface area contributed by atoms with Gasteiger partial charge >= 0.3 is 0 Å². The first-order valence-electron chi connectivity index (χ1n) is 7.03. The quantitative estimate of drug-likeness (QED) is 0.676. The molecule has 0 spiro atoms. The highest BCUT2D eigenvalue weighted by molar-refractivity contribution is 4.76. The molecule has 98 valence electrons. The van der Waals surface area contributed by atoms with Gasteiger partial charge in [-0.3, -0.25) is 0 Å². The van der Waals surface area contributed by atoms with E-state index in [0.29, 0.717) is 11.5 Å². The lowest BCUT2D eigenvalue weighted by molar-refractivity contribution is 0.217. The Hall–Kier alpha value is -0.0400. The fourth-order valence-electron chi connectivity index (χ4n) is 2.09. The molecule has 0 rings (SSSR count). The molecule has 1 heteroatoms. The third-order valence-corrected chi connectivity index (χ3v) is 3.66. The summed E-state index contributed by atoms with van der Waals surface area (Å²) < 4.78 is 0. The maximum atomic E-state index is 3.67. The van der Waals surface area contributed by atoms with E-state index >= 15 is 0 Å². The predicted molar refractivity (Wildman–Crippen MR) is 74.8 cm³/mol. The van der Waals surface area contributed by atoms with Gasteiger partial charge in [-0.15, -0.1) is 0 Å². The fourth-order valence-corrected chi connectivity index (χ4v) is 2.09. The van der Waals surface area contributed by atoms with E-state index < -0.39 is 0 Å². The van der Waals surface area contributed by atoms with Gasteiger partial charge in [0.25, 0.3) is 0 Å². The number of hydrogen-bond donors (Lipinski definition) is 1. The Labute approximate surface area is 103 Å². The Morgan fingerprint density at radius 3 is 1.94 bits per heavy atom. The van der Waals surface area contributed by atoms with E-state index in [2.05, 4.69) is 53.8 Å². The summed E-state index contributed by atoms with van der Waals surface area (Å²) in [5, 5.41) is 3.67. The maximum Gasteiger partial charge on any atom is 0.00362 e. The van der Waals surface area contributed by atoms with Crippen molar-refractivity contribution in [3.05, 3.63) is 0 Å². The van der Waals surface area contributed by atoms with E-state index in [0.717, 1.165) is 11.8 Å². The predicted octanol–water partition coefficient (Wildman–Crippen LogP) is 4.47. The van der Waals surface area contributed by atoms with Crippen LogP contribution < -0.4 is 5.32 Å². The minimum absolute atomic E-state index is 0.450. The van der Waals surface area contributed by atoms with E-state index in [1.807, 2.05) is 0 Å². The summed E-state index contributed by atoms with van der Waals surface area (Å²) in [5.74, 6) is 1.65. The highest BCUT2D eigenvalue weighted by Gasteiger charge is 2.22. The molecule has 3 atom stereocenters. The normalized spacial score (nSPS) is 18.2. The van der Waals surface area contributed by atoms with Crippen molar-refractivity contribution < 1.29 is 0 Å². The highest BCUT2D eigenvalue weighted by atomic mass is 14.9. The second kappa shape index (κ2) is 7.32. The highest BCUT2D eigenvalue weighted by Crippen LogP contribution is 2.29. The lowest BCUT2D eigenvalue weighted by Gasteiger charge is -2.31. The van der Waals surface area contributed by atoms with E-state index in [1.165, 1.54) is 25.8 Å². The Kier molecular flexibility index (Phi) is 7.30. The molecular formula is C15H33N. The minimum Gasteiger partial charge on any atom is -0.314 e. The smallest absolute Gasteiger partial charge is 0.00362 e. The lowest BCUT2D eigenvalue weighted by atomic mass is 9.78. The lowest BCUT2D eigenvalue weighted by Crippen LogP contribution is -2.35. The van der Waals surface area contributed by atoms with Crippen molar-refractivity contribution in [1.82, 2.24) is 5.32 Å². The Morgan fingerprint density at radius 2 is 1.56 bits per heavy atom. The zero-order valence-corrected chi connectivity index (χ0v) is 12.6. The van der Waals surface area contributed by atoms with Crippen molar-refractivity contribution >= 4 is 0 Å². The van der Waals surface area contributed by atoms with Gasteiger partial charge in [-0.25, -0.2) is 0 Å². The molecule has 0 bridgehead atoms. The molecule has 0 heterocycles. The molecule has 0 aliphatic heterocycles. The maximum absolute atomic E-state index is 3.67. The molecule has 16 heavy (non-hydrogen) atoms. The van der Waals surface area contributed by atoms with Crippen molar-refractivity contribution in [2.24, 2.45) is 17.3 Å². The molecule has 0 radical (unpaired) electrons. The van der Waals surface area contributed by atoms with Crippen LogP contribution in [0.25, 0.3) is 0 Å². The molecule has 0 aromatic rings. The van der Waals surface area contributed by atoms with Crippen molar-refractivity contribution in [3.8, 4) is 0 Å². The van der Waals surface area contributed by atoms with Crippen LogP contribution in [0.3, 0.4) is 0 Å². The molecule has 0 aromatic carbocycles. The average molecular weight is 227 g/mol. The monoisotopic (exact) mass is 227 g/mol. The summed E-state index contributed by atoms with van der Waals surface area (Å²) in [7, 11) is 0. The minimum atomic E-state index is 0.450. The standard InChI is InChI=1S/C15H33N/c1-8-12(3)14(10-15(5,6)7)11-16-13(4)9-2/h12-14,16H,8-11H2,1-7H3. The SMILES string of the molecule is CCC(C)NCC(CC(C)(C)C)C(C)CC. The third kappa shape index (κ3) is 7.27. The summed E-state index contributed by atoms with van der Waals surface area (Å²) in [5.41, 5.74) is 0.450. The number of hydrogen-bond acceptors (Lipinski definition) is 1. The van der Waals surface area contributed by atoms with Crippen LogP contribution in [0.1, 0.15) is 67.7 Å². The third-order valence-electron chi connectivity index (χ3n) is 3.66. The van der Waals surface area contributed by atoms with E-state index in [1.54, 1.807) is 0 Å². The first-order chi connectivity index (χ1) is 7.30. The summed E-state index contributed by atoms with van der Waals surface area (Å²) in [4.78, 5) is 0. The molecule has 1 N–H and O–H groups in total. The van der Waals surface area contributed by atoms with Gasteiger partial charge in [-0.2, -0.15) is 0 Å². The summed E-state index contributed by atoms with van der Waals surface area (Å²) in [6.07, 6.45) is 3.84. The molecule has 0 amide bonds. The van der Waals surface area contributed by atoms with Gasteiger partial charge < -0.3 is 5.32 Å². The molecule has 0 saturated carbocycles. The van der Waals surface area contributed by atoms with Crippen molar-refractivity contribution in [2.45, 2.75) is 73.8 Å². The zero-order valence-electron chi connectivity index (χ0n) is 12.6. The molecule has 0 saturated heterocycles. The van der Waals surface area contributed by atoms with Crippen LogP contribution in [0.15, 0.2) is 0 Å². The van der Waals surface area contributed by atoms with Gasteiger partial charge in [0.15, 0.2) is 0 Å². The first-order valence-corrected chi connectivity index (χ1v) is 7.03. The van der Waals surface area contributed by atoms with Gasteiger partial charge in [0.2, 0.25) is 0 Å². The van der Waals surface area contributed by atoms with Crippen LogP contribution in [-0.4, -0.2) is 12.6 Å². The van der Waals surface area contributed by atoms with E-state index in [4.69, 9.17) is 0 Å². The van der Waals surface area contributed by atoms with Crippen molar-refractivity contribution in [3.63, 3.8) is 0 Å². The summed E-state index contributed by atoms with van der Waals surface area (Å²) in [6, 6.07) is 0.659. The molecular weight excluding hydrogens is 194 g/mol.